The fourth-order valence-electron chi connectivity index (χ4n) is 8.52. The number of halogens is 1. The summed E-state index contributed by atoms with van der Waals surface area (Å²) in [6, 6.07) is 4.18. The summed E-state index contributed by atoms with van der Waals surface area (Å²) in [5, 5.41) is 33.4. The molecule has 1 fully saturated rings. The minimum Gasteiger partial charge on any atom is -0.469 e. The quantitative estimate of drug-likeness (QED) is 0.0198. The first-order valence-electron chi connectivity index (χ1n) is 39.7. The van der Waals surface area contributed by atoms with Crippen LogP contribution in [0.25, 0.3) is 0 Å². The van der Waals surface area contributed by atoms with Gasteiger partial charge in [-0.15, -0.1) is 11.3 Å². The number of aliphatic hydroxyl groups is 3. The highest BCUT2D eigenvalue weighted by Crippen LogP contribution is 2.44. The molecular formula is C85H163IO11SSi5. The van der Waals surface area contributed by atoms with Gasteiger partial charge in [0.2, 0.25) is 0 Å². The lowest BCUT2D eigenvalue weighted by molar-refractivity contribution is -0.141. The second kappa shape index (κ2) is 58.0. The molecule has 103 heavy (non-hydrogen) atoms. The first-order valence-corrected chi connectivity index (χ1v) is 56.3. The van der Waals surface area contributed by atoms with Crippen molar-refractivity contribution in [1.82, 2.24) is 0 Å². The predicted molar refractivity (Wildman–Crippen MR) is 473 cm³/mol. The van der Waals surface area contributed by atoms with Crippen LogP contribution in [0.4, 0.5) is 0 Å². The van der Waals surface area contributed by atoms with Crippen molar-refractivity contribution in [2.45, 2.75) is 393 Å². The zero-order chi connectivity index (χ0) is 80.4. The fraction of sp³-hybridized carbons (Fsp3) is 0.765. The Bertz CT molecular complexity index is 2480. The third-order valence-corrected chi connectivity index (χ3v) is 41.7. The fourth-order valence-corrected chi connectivity index (χ4v) is 12.3. The maximum absolute atomic E-state index is 13.0. The number of Topliss-reactive ketones (excluding diaryl/α,β-unsaturated/α-hetero) is 2. The van der Waals surface area contributed by atoms with Crippen LogP contribution in [0.15, 0.2) is 87.9 Å². The van der Waals surface area contributed by atoms with E-state index in [9.17, 15) is 34.5 Å². The molecule has 3 unspecified atom stereocenters. The molecule has 7 atom stereocenters. The summed E-state index contributed by atoms with van der Waals surface area (Å²) >= 11 is 3.89. The zero-order valence-electron chi connectivity index (χ0n) is 72.0. The van der Waals surface area contributed by atoms with Crippen LogP contribution >= 0.6 is 33.9 Å². The van der Waals surface area contributed by atoms with Gasteiger partial charge in [0.15, 0.2) is 22.4 Å². The first-order chi connectivity index (χ1) is 47.5. The van der Waals surface area contributed by atoms with Crippen LogP contribution in [0.2, 0.25) is 90.7 Å². The van der Waals surface area contributed by atoms with Gasteiger partial charge in [0.25, 0.3) is 0 Å². The van der Waals surface area contributed by atoms with E-state index in [0.29, 0.717) is 53.6 Å². The Morgan fingerprint density at radius 2 is 0.981 bits per heavy atom. The Labute approximate surface area is 660 Å². The van der Waals surface area contributed by atoms with Crippen LogP contribution in [0, 0.1) is 11.8 Å². The Morgan fingerprint density at radius 3 is 1.36 bits per heavy atom. The number of ether oxygens (including phenoxy) is 2. The van der Waals surface area contributed by atoms with Gasteiger partial charge in [0.1, 0.15) is 5.78 Å². The third kappa shape index (κ3) is 56.9. The standard InChI is InChI=1S/C27H48O5Si.C19H32O4Si.C13H20OS.C8H15IO.3C6H16Si/c1-8-9-12-15-21(28)18-19-23-22(16-13-10-11-14-17-26(30)31-5)24(29)20-25(23)32-33(6,7)27(2,3)4;1-19(2,3)24(5,6)23-16-13-15(17(20)14-16)11-9-7-8-10-12-18(21)22-4;1-2-3-4-7-12(14)8-5-9-13-10-6-11-15-13;1-2-3-4-5-8(10)6-7-9;3*1-6(2,3)7(4)5/h10,13,18-19,21-23,25,28H,8-9,11-12,14-17,20H2,1-7H3;7,9,13,16H,8,10-12,14H2,1-6H3;5-6,8,10-12,14H,2-4,7,9H2,1H3;6-8,10H,2-5H2,1H3;3*7H,1-5H3/b13-10-,19-18+;9-7-;8-5+;7-6+;;;/t21?,22-,23-,25?;;12-;8-;;;/m1.00.../s1. The summed E-state index contributed by atoms with van der Waals surface area (Å²) in [6.45, 7) is 63.9. The highest BCUT2D eigenvalue weighted by molar-refractivity contribution is 14.1. The molecule has 18 heteroatoms. The Hall–Kier alpha value is -1.97. The smallest absolute Gasteiger partial charge is 0.305 e. The van der Waals surface area contributed by atoms with Gasteiger partial charge >= 0.3 is 11.9 Å². The third-order valence-electron chi connectivity index (χ3n) is 21.0. The Kier molecular flexibility index (Phi) is 60.5. The highest BCUT2D eigenvalue weighted by atomic mass is 127. The number of thiophene rings is 1. The summed E-state index contributed by atoms with van der Waals surface area (Å²) in [4.78, 5) is 48.7. The number of methoxy groups -OCH3 is 2. The lowest BCUT2D eigenvalue weighted by Gasteiger charge is -2.39. The lowest BCUT2D eigenvalue weighted by atomic mass is 9.90. The van der Waals surface area contributed by atoms with Crippen molar-refractivity contribution in [2.24, 2.45) is 11.8 Å². The van der Waals surface area contributed by atoms with Gasteiger partial charge in [-0.3, -0.25) is 19.2 Å². The first kappa shape index (κ1) is 107. The SMILES string of the molecule is CCCCCC(O)/C=C/[C@H]1C(O[Si](C)(C)C(C)(C)C)CC(=O)[C@@H]1C/C=C\CCCC(=O)OC.CCCCC[C@H](O)/C=C/Cc1cccs1.CCCCC[C@H](O)/C=C/I.COC(=O)CCC/C=C\CC1=CC(O[Si](C)(C)C(C)(C)C)CC1=O.C[SiH](C)C(C)(C)C.C[SiH](C)C(C)(C)C.C[SiH](C)C(C)(C)C. The number of esters is 2. The van der Waals surface area contributed by atoms with E-state index < -0.39 is 22.7 Å². The highest BCUT2D eigenvalue weighted by Gasteiger charge is 2.47. The number of unbranched alkanes of at least 4 members (excludes halogenated alkanes) is 8. The van der Waals surface area contributed by atoms with Crippen molar-refractivity contribution in [2.75, 3.05) is 14.2 Å². The topological polar surface area (TPSA) is 166 Å². The number of hydrogen-bond donors (Lipinski definition) is 3. The van der Waals surface area contributed by atoms with Crippen molar-refractivity contribution < 1.29 is 52.8 Å². The van der Waals surface area contributed by atoms with Crippen molar-refractivity contribution in [3.05, 3.63) is 92.8 Å². The van der Waals surface area contributed by atoms with Gasteiger partial charge in [-0.05, 0) is 143 Å². The minimum atomic E-state index is -2.03. The second-order valence-electron chi connectivity index (χ2n) is 35.5. The molecule has 1 aromatic rings. The van der Waals surface area contributed by atoms with Gasteiger partial charge in [-0.25, -0.2) is 0 Å². The molecule has 0 spiro atoms. The van der Waals surface area contributed by atoms with E-state index in [2.05, 4.69) is 264 Å². The molecule has 2 aliphatic carbocycles. The van der Waals surface area contributed by atoms with E-state index in [1.165, 1.54) is 44.8 Å². The van der Waals surface area contributed by atoms with Crippen LogP contribution in [0.5, 0.6) is 0 Å². The molecule has 3 N–H and O–H groups in total. The maximum atomic E-state index is 13.0. The molecule has 3 rings (SSSR count). The average Bonchev–Trinajstić information content (AvgIpc) is 1.82. The molecule has 11 nitrogen and oxygen atoms in total. The number of aliphatic hydroxyl groups excluding tert-OH is 3. The lowest BCUT2D eigenvalue weighted by Crippen LogP contribution is -2.45. The summed E-state index contributed by atoms with van der Waals surface area (Å²) < 4.78 is 24.2. The summed E-state index contributed by atoms with van der Waals surface area (Å²) in [7, 11) is -2.15. The molecule has 0 saturated heterocycles. The Balaban J connectivity index is -0.000000609. The summed E-state index contributed by atoms with van der Waals surface area (Å²) in [6.07, 6.45) is 38.9. The van der Waals surface area contributed by atoms with Gasteiger partial charge in [-0.1, -0.05) is 305 Å². The molecule has 602 valence electrons. The molecule has 0 bridgehead atoms. The molecule has 0 aromatic carbocycles. The molecule has 2 aliphatic rings. The molecule has 0 radical (unpaired) electrons. The monoisotopic (exact) mass is 1660 g/mol. The normalized spacial score (nSPS) is 17.8. The van der Waals surface area contributed by atoms with Crippen molar-refractivity contribution in [3.63, 3.8) is 0 Å². The number of carbonyl (C=O) groups is 4. The molecule has 0 amide bonds. The van der Waals surface area contributed by atoms with Gasteiger partial charge in [0, 0.05) is 68.8 Å². The summed E-state index contributed by atoms with van der Waals surface area (Å²) in [5.41, 5.74) is 0.850. The maximum Gasteiger partial charge on any atom is 0.305 e. The van der Waals surface area contributed by atoms with Crippen LogP contribution < -0.4 is 0 Å². The molecule has 1 aromatic heterocycles. The van der Waals surface area contributed by atoms with Crippen molar-refractivity contribution in [3.8, 4) is 0 Å². The van der Waals surface area contributed by atoms with E-state index in [-0.39, 0.29) is 96.2 Å². The second-order valence-corrected chi connectivity index (χ2v) is 58.9. The molecule has 0 aliphatic heterocycles. The van der Waals surface area contributed by atoms with E-state index in [4.69, 9.17) is 8.85 Å². The number of carbonyl (C=O) groups excluding carboxylic acids is 4. The van der Waals surface area contributed by atoms with Crippen LogP contribution in [0.3, 0.4) is 0 Å². The van der Waals surface area contributed by atoms with Crippen molar-refractivity contribution in [1.29, 1.82) is 0 Å². The predicted octanol–water partition coefficient (Wildman–Crippen LogP) is 24.4. The van der Waals surface area contributed by atoms with E-state index in [1.807, 2.05) is 40.5 Å². The average molecular weight is 1660 g/mol. The van der Waals surface area contributed by atoms with Crippen molar-refractivity contribution >= 4 is 100 Å². The number of rotatable bonds is 34. The molecular weight excluding hydrogens is 1500 g/mol. The number of allylic oxidation sites excluding steroid dienone is 6. The van der Waals surface area contributed by atoms with Crippen LogP contribution in [-0.2, 0) is 43.9 Å². The van der Waals surface area contributed by atoms with Gasteiger partial charge in [0.05, 0.1) is 44.7 Å². The minimum absolute atomic E-state index is 0.0211. The number of ketones is 2. The number of hydrogen-bond acceptors (Lipinski definition) is 12. The van der Waals surface area contributed by atoms with Crippen LogP contribution in [-0.4, -0.2) is 127 Å². The zero-order valence-corrected chi connectivity index (χ0v) is 80.5. The Morgan fingerprint density at radius 1 is 0.573 bits per heavy atom. The van der Waals surface area contributed by atoms with Gasteiger partial charge < -0.3 is 33.6 Å². The molecule has 1 heterocycles. The van der Waals surface area contributed by atoms with E-state index >= 15 is 0 Å². The van der Waals surface area contributed by atoms with E-state index in [1.54, 1.807) is 11.3 Å². The largest absolute Gasteiger partial charge is 0.469 e. The van der Waals surface area contributed by atoms with E-state index in [0.717, 1.165) is 89.0 Å². The summed E-state index contributed by atoms with van der Waals surface area (Å²) in [5.74, 6) is -0.0840. The molecule has 1 saturated carbocycles. The van der Waals surface area contributed by atoms with Crippen LogP contribution in [0.1, 0.15) is 271 Å². The van der Waals surface area contributed by atoms with Gasteiger partial charge in [-0.2, -0.15) is 0 Å².